The first kappa shape index (κ1) is 20.6. The number of thiophene rings is 1. The Morgan fingerprint density at radius 1 is 0.767 bits per heavy atom. The highest BCUT2D eigenvalue weighted by atomic mass is 32.1. The van der Waals surface area contributed by atoms with Gasteiger partial charge >= 0.3 is 0 Å². The fraction of sp³-hybridized carbons (Fsp3) is 0.292. The second-order valence-electron chi connectivity index (χ2n) is 7.71. The molecule has 0 fully saturated rings. The third-order valence-electron chi connectivity index (χ3n) is 4.80. The molecule has 0 aliphatic rings. The highest BCUT2D eigenvalue weighted by Crippen LogP contribution is 2.26. The van der Waals surface area contributed by atoms with Gasteiger partial charge in [0.05, 0.1) is 18.8 Å². The predicted octanol–water partition coefficient (Wildman–Crippen LogP) is 5.57. The number of hydrogen-bond acceptors (Lipinski definition) is 6. The molecule has 0 bridgehead atoms. The molecule has 0 unspecified atom stereocenters. The van der Waals surface area contributed by atoms with Crippen LogP contribution in [-0.2, 0) is 26.2 Å². The van der Waals surface area contributed by atoms with Crippen molar-refractivity contribution >= 4 is 11.3 Å². The maximum absolute atomic E-state index is 6.04. The quantitative estimate of drug-likeness (QED) is 0.354. The van der Waals surface area contributed by atoms with Crippen LogP contribution in [0.3, 0.4) is 0 Å². The van der Waals surface area contributed by atoms with E-state index < -0.39 is 0 Å². The lowest BCUT2D eigenvalue weighted by molar-refractivity contribution is 0.282. The van der Waals surface area contributed by atoms with Crippen molar-refractivity contribution < 1.29 is 8.83 Å². The molecule has 4 aromatic heterocycles. The fourth-order valence-electron chi connectivity index (χ4n) is 3.44. The van der Waals surface area contributed by atoms with E-state index in [9.17, 15) is 0 Å². The molecule has 0 saturated carbocycles. The van der Waals surface area contributed by atoms with Crippen molar-refractivity contribution in [1.29, 1.82) is 0 Å². The smallest absolute Gasteiger partial charge is 0.169 e. The van der Waals surface area contributed by atoms with Crippen LogP contribution < -0.4 is 0 Å². The zero-order valence-electron chi connectivity index (χ0n) is 17.7. The van der Waals surface area contributed by atoms with E-state index in [0.717, 1.165) is 48.4 Å². The lowest BCUT2D eigenvalue weighted by Crippen LogP contribution is -2.17. The third kappa shape index (κ3) is 5.48. The fourth-order valence-corrected chi connectivity index (χ4v) is 4.41. The average molecular weight is 422 g/mol. The van der Waals surface area contributed by atoms with Gasteiger partial charge in [0.2, 0.25) is 0 Å². The van der Waals surface area contributed by atoms with E-state index in [1.54, 1.807) is 0 Å². The zero-order valence-corrected chi connectivity index (χ0v) is 18.5. The Bertz CT molecular complexity index is 1070. The normalized spacial score (nSPS) is 11.6. The van der Waals surface area contributed by atoms with Gasteiger partial charge in [0.1, 0.15) is 11.5 Å². The number of pyridine rings is 1. The largest absolute Gasteiger partial charge is 0.456 e. The average Bonchev–Trinajstić information content (AvgIpc) is 3.44. The van der Waals surface area contributed by atoms with E-state index >= 15 is 0 Å². The Morgan fingerprint density at radius 3 is 2.00 bits per heavy atom. The molecule has 4 rings (SSSR count). The predicted molar refractivity (Wildman–Crippen MR) is 120 cm³/mol. The second kappa shape index (κ2) is 9.43. The monoisotopic (exact) mass is 421 g/mol. The van der Waals surface area contributed by atoms with Gasteiger partial charge in [0, 0.05) is 29.0 Å². The van der Waals surface area contributed by atoms with E-state index in [-0.39, 0.29) is 0 Å². The first-order valence-corrected chi connectivity index (χ1v) is 10.9. The molecule has 4 aromatic rings. The van der Waals surface area contributed by atoms with Gasteiger partial charge in [-0.25, -0.2) is 0 Å². The van der Waals surface area contributed by atoms with E-state index in [1.165, 1.54) is 9.75 Å². The molecule has 4 heterocycles. The van der Waals surface area contributed by atoms with Crippen molar-refractivity contribution in [2.45, 2.75) is 33.1 Å². The van der Waals surface area contributed by atoms with Gasteiger partial charge in [-0.3, -0.25) is 14.8 Å². The number of nitrogens with zero attached hydrogens (tertiary/aromatic N) is 3. The first-order chi connectivity index (χ1) is 14.5. The van der Waals surface area contributed by atoms with Gasteiger partial charge in [-0.2, -0.15) is 0 Å². The molecule has 0 spiro atoms. The minimum atomic E-state index is 0.715. The Hall–Kier alpha value is -2.67. The molecule has 156 valence electrons. The molecule has 0 atom stereocenters. The van der Waals surface area contributed by atoms with Crippen LogP contribution in [0.25, 0.3) is 11.5 Å². The summed E-state index contributed by atoms with van der Waals surface area (Å²) in [4.78, 5) is 11.5. The molecule has 5 nitrogen and oxygen atoms in total. The lowest BCUT2D eigenvalue weighted by atomic mass is 10.3. The number of aromatic nitrogens is 1. The van der Waals surface area contributed by atoms with E-state index in [1.807, 2.05) is 60.0 Å². The summed E-state index contributed by atoms with van der Waals surface area (Å²) in [6.07, 6.45) is 1.82. The Kier molecular flexibility index (Phi) is 6.47. The van der Waals surface area contributed by atoms with Gasteiger partial charge in [-0.1, -0.05) is 6.07 Å². The molecule has 0 amide bonds. The first-order valence-electron chi connectivity index (χ1n) is 10.1. The number of rotatable bonds is 9. The van der Waals surface area contributed by atoms with Gasteiger partial charge in [0.25, 0.3) is 0 Å². The highest BCUT2D eigenvalue weighted by Gasteiger charge is 2.13. The van der Waals surface area contributed by atoms with Gasteiger partial charge in [-0.15, -0.1) is 11.3 Å². The molecular weight excluding hydrogens is 394 g/mol. The number of hydrogen-bond donors (Lipinski definition) is 0. The summed E-state index contributed by atoms with van der Waals surface area (Å²) in [5.74, 6) is 3.38. The maximum Gasteiger partial charge on any atom is 0.169 e. The van der Waals surface area contributed by atoms with Crippen molar-refractivity contribution in [3.05, 3.63) is 87.8 Å². The summed E-state index contributed by atoms with van der Waals surface area (Å²) in [6, 6.07) is 18.3. The zero-order chi connectivity index (χ0) is 20.9. The minimum Gasteiger partial charge on any atom is -0.456 e. The van der Waals surface area contributed by atoms with Crippen molar-refractivity contribution in [1.82, 2.24) is 14.8 Å². The highest BCUT2D eigenvalue weighted by molar-refractivity contribution is 7.11. The topological polar surface area (TPSA) is 45.7 Å². The standard InChI is InChI=1S/C24H27N3O2S/c1-18-7-10-22(30-18)17-27(3)16-21-9-12-24(29-21)23-11-8-20(28-23)15-26(2)14-19-6-4-5-13-25-19/h4-13H,14-17H2,1-3H3. The minimum absolute atomic E-state index is 0.715. The summed E-state index contributed by atoms with van der Waals surface area (Å²) in [7, 11) is 4.17. The molecule has 6 heteroatoms. The summed E-state index contributed by atoms with van der Waals surface area (Å²) < 4.78 is 12.1. The molecule has 0 N–H and O–H groups in total. The Balaban J connectivity index is 1.33. The van der Waals surface area contributed by atoms with Crippen molar-refractivity contribution in [3.8, 4) is 11.5 Å². The van der Waals surface area contributed by atoms with Crippen molar-refractivity contribution in [2.24, 2.45) is 0 Å². The maximum atomic E-state index is 6.04. The third-order valence-corrected chi connectivity index (χ3v) is 5.78. The van der Waals surface area contributed by atoms with Crippen LogP contribution in [0, 0.1) is 6.92 Å². The molecular formula is C24H27N3O2S. The molecule has 0 radical (unpaired) electrons. The van der Waals surface area contributed by atoms with Crippen molar-refractivity contribution in [3.63, 3.8) is 0 Å². The van der Waals surface area contributed by atoms with E-state index in [2.05, 4.69) is 47.9 Å². The van der Waals surface area contributed by atoms with Crippen LogP contribution in [0.1, 0.15) is 27.0 Å². The Labute approximate surface area is 181 Å². The molecule has 0 aromatic carbocycles. The van der Waals surface area contributed by atoms with E-state index in [0.29, 0.717) is 6.54 Å². The van der Waals surface area contributed by atoms with Crippen molar-refractivity contribution in [2.75, 3.05) is 14.1 Å². The van der Waals surface area contributed by atoms with Crippen LogP contribution in [0.5, 0.6) is 0 Å². The molecule has 0 aliphatic heterocycles. The summed E-state index contributed by atoms with van der Waals surface area (Å²) in [5, 5.41) is 0. The molecule has 0 saturated heterocycles. The Morgan fingerprint density at radius 2 is 1.43 bits per heavy atom. The van der Waals surface area contributed by atoms with Gasteiger partial charge < -0.3 is 8.83 Å². The SMILES string of the molecule is Cc1ccc(CN(C)Cc2ccc(-c3ccc(CN(C)Cc4ccccn4)o3)o2)s1. The van der Waals surface area contributed by atoms with Crippen LogP contribution >= 0.6 is 11.3 Å². The van der Waals surface area contributed by atoms with Crippen LogP contribution in [0.15, 0.2) is 69.6 Å². The molecule has 0 aliphatic carbocycles. The summed E-state index contributed by atoms with van der Waals surface area (Å²) >= 11 is 1.84. The van der Waals surface area contributed by atoms with Crippen LogP contribution in [0.2, 0.25) is 0 Å². The van der Waals surface area contributed by atoms with Gasteiger partial charge in [-0.05, 0) is 69.6 Å². The molecule has 30 heavy (non-hydrogen) atoms. The summed E-state index contributed by atoms with van der Waals surface area (Å²) in [5.41, 5.74) is 1.05. The van der Waals surface area contributed by atoms with Crippen LogP contribution in [-0.4, -0.2) is 28.9 Å². The number of aryl methyl sites for hydroxylation is 1. The van der Waals surface area contributed by atoms with Crippen LogP contribution in [0.4, 0.5) is 0 Å². The van der Waals surface area contributed by atoms with Gasteiger partial charge in [0.15, 0.2) is 11.5 Å². The van der Waals surface area contributed by atoms with E-state index in [4.69, 9.17) is 8.83 Å². The summed E-state index contributed by atoms with van der Waals surface area (Å²) in [6.45, 7) is 5.31. The second-order valence-corrected chi connectivity index (χ2v) is 9.08. The number of furan rings is 2. The lowest BCUT2D eigenvalue weighted by Gasteiger charge is -2.14.